The fourth-order valence-corrected chi connectivity index (χ4v) is 1.37. The Morgan fingerprint density at radius 1 is 1.47 bits per heavy atom. The number of nitrogens with one attached hydrogen (secondary N) is 1. The molecule has 82 valence electrons. The largest absolute Gasteiger partial charge is 0.331 e. The first-order chi connectivity index (χ1) is 7.06. The Labute approximate surface area is 94.0 Å². The van der Waals surface area contributed by atoms with Gasteiger partial charge in [-0.05, 0) is 24.6 Å². The van der Waals surface area contributed by atoms with Crippen LogP contribution >= 0.6 is 11.6 Å². The SMILES string of the molecule is CC(c1ccc(Cl)cc1)N(C)C(=O)NN. The molecule has 0 heterocycles. The van der Waals surface area contributed by atoms with Gasteiger partial charge in [0.15, 0.2) is 0 Å². The second kappa shape index (κ2) is 5.00. The number of urea groups is 1. The standard InChI is InChI=1S/C10H14ClN3O/c1-7(14(2)10(15)13-12)8-3-5-9(11)6-4-8/h3-7H,12H2,1-2H3,(H,13,15). The van der Waals surface area contributed by atoms with E-state index in [2.05, 4.69) is 5.43 Å². The lowest BCUT2D eigenvalue weighted by Gasteiger charge is -2.24. The average molecular weight is 228 g/mol. The molecule has 0 saturated carbocycles. The van der Waals surface area contributed by atoms with Crippen LogP contribution in [0.2, 0.25) is 5.02 Å². The topological polar surface area (TPSA) is 58.4 Å². The van der Waals surface area contributed by atoms with Crippen molar-refractivity contribution < 1.29 is 4.79 Å². The number of halogens is 1. The molecule has 1 rings (SSSR count). The minimum atomic E-state index is -0.322. The number of hydrogen-bond acceptors (Lipinski definition) is 2. The van der Waals surface area contributed by atoms with Gasteiger partial charge in [-0.3, -0.25) is 5.43 Å². The van der Waals surface area contributed by atoms with E-state index in [1.807, 2.05) is 19.1 Å². The monoisotopic (exact) mass is 227 g/mol. The van der Waals surface area contributed by atoms with Gasteiger partial charge in [0.25, 0.3) is 0 Å². The number of rotatable bonds is 2. The Morgan fingerprint density at radius 2 is 2.00 bits per heavy atom. The lowest BCUT2D eigenvalue weighted by atomic mass is 10.1. The molecule has 0 bridgehead atoms. The molecule has 0 saturated heterocycles. The number of hydrazine groups is 1. The Balaban J connectivity index is 2.80. The maximum absolute atomic E-state index is 11.3. The van der Waals surface area contributed by atoms with Crippen LogP contribution in [0.15, 0.2) is 24.3 Å². The number of benzene rings is 1. The minimum absolute atomic E-state index is 0.0502. The van der Waals surface area contributed by atoms with E-state index in [9.17, 15) is 4.79 Å². The van der Waals surface area contributed by atoms with Gasteiger partial charge in [0, 0.05) is 12.1 Å². The molecule has 4 nitrogen and oxygen atoms in total. The van der Waals surface area contributed by atoms with Crippen molar-refractivity contribution in [3.63, 3.8) is 0 Å². The van der Waals surface area contributed by atoms with E-state index in [4.69, 9.17) is 17.4 Å². The molecule has 5 heteroatoms. The molecule has 0 radical (unpaired) electrons. The predicted molar refractivity (Wildman–Crippen MR) is 60.3 cm³/mol. The molecule has 0 aliphatic heterocycles. The van der Waals surface area contributed by atoms with Crippen LogP contribution in [0, 0.1) is 0 Å². The van der Waals surface area contributed by atoms with Crippen LogP contribution in [0.1, 0.15) is 18.5 Å². The third-order valence-corrected chi connectivity index (χ3v) is 2.63. The van der Waals surface area contributed by atoms with Gasteiger partial charge in [-0.25, -0.2) is 10.6 Å². The molecule has 1 unspecified atom stereocenters. The second-order valence-electron chi connectivity index (χ2n) is 3.29. The summed E-state index contributed by atoms with van der Waals surface area (Å²) in [6, 6.07) is 6.98. The zero-order chi connectivity index (χ0) is 11.4. The predicted octanol–water partition coefficient (Wildman–Crippen LogP) is 1.92. The van der Waals surface area contributed by atoms with Crippen molar-refractivity contribution in [2.75, 3.05) is 7.05 Å². The van der Waals surface area contributed by atoms with E-state index in [0.717, 1.165) is 5.56 Å². The summed E-state index contributed by atoms with van der Waals surface area (Å²) in [6.07, 6.45) is 0. The first-order valence-corrected chi connectivity index (χ1v) is 4.93. The minimum Gasteiger partial charge on any atom is -0.320 e. The van der Waals surface area contributed by atoms with Crippen LogP contribution in [0.4, 0.5) is 4.79 Å². The van der Waals surface area contributed by atoms with E-state index < -0.39 is 0 Å². The Bertz CT molecular complexity index is 339. The maximum atomic E-state index is 11.3. The number of carbonyl (C=O) groups is 1. The van der Waals surface area contributed by atoms with Gasteiger partial charge in [0.1, 0.15) is 0 Å². The molecule has 0 aromatic heterocycles. The summed E-state index contributed by atoms with van der Waals surface area (Å²) in [7, 11) is 1.68. The van der Waals surface area contributed by atoms with Crippen molar-refractivity contribution in [2.45, 2.75) is 13.0 Å². The lowest BCUT2D eigenvalue weighted by Crippen LogP contribution is -2.42. The molecule has 0 aliphatic rings. The first kappa shape index (κ1) is 11.8. The summed E-state index contributed by atoms with van der Waals surface area (Å²) in [5.41, 5.74) is 3.09. The number of nitrogens with two attached hydrogens (primary N) is 1. The highest BCUT2D eigenvalue weighted by Gasteiger charge is 2.15. The summed E-state index contributed by atoms with van der Waals surface area (Å²) in [5, 5.41) is 0.678. The zero-order valence-electron chi connectivity index (χ0n) is 8.70. The van der Waals surface area contributed by atoms with E-state index in [1.54, 1.807) is 19.2 Å². The van der Waals surface area contributed by atoms with Gasteiger partial charge >= 0.3 is 6.03 Å². The molecular formula is C10H14ClN3O. The highest BCUT2D eigenvalue weighted by Crippen LogP contribution is 2.20. The van der Waals surface area contributed by atoms with Crippen LogP contribution in [-0.2, 0) is 0 Å². The van der Waals surface area contributed by atoms with Gasteiger partial charge in [-0.15, -0.1) is 0 Å². The van der Waals surface area contributed by atoms with Gasteiger partial charge < -0.3 is 4.90 Å². The highest BCUT2D eigenvalue weighted by atomic mass is 35.5. The van der Waals surface area contributed by atoms with E-state index >= 15 is 0 Å². The van der Waals surface area contributed by atoms with Crippen LogP contribution < -0.4 is 11.3 Å². The second-order valence-corrected chi connectivity index (χ2v) is 3.72. The maximum Gasteiger partial charge on any atom is 0.331 e. The van der Waals surface area contributed by atoms with Crippen molar-refractivity contribution in [1.29, 1.82) is 0 Å². The first-order valence-electron chi connectivity index (χ1n) is 4.55. The zero-order valence-corrected chi connectivity index (χ0v) is 9.45. The smallest absolute Gasteiger partial charge is 0.320 e. The lowest BCUT2D eigenvalue weighted by molar-refractivity contribution is 0.194. The van der Waals surface area contributed by atoms with Crippen LogP contribution in [-0.4, -0.2) is 18.0 Å². The van der Waals surface area contributed by atoms with Crippen LogP contribution in [0.25, 0.3) is 0 Å². The summed E-state index contributed by atoms with van der Waals surface area (Å²) >= 11 is 5.77. The number of carbonyl (C=O) groups excluding carboxylic acids is 1. The Morgan fingerprint density at radius 3 is 2.47 bits per heavy atom. The van der Waals surface area contributed by atoms with Crippen molar-refractivity contribution in [1.82, 2.24) is 10.3 Å². The fraction of sp³-hybridized carbons (Fsp3) is 0.300. The van der Waals surface area contributed by atoms with E-state index in [0.29, 0.717) is 5.02 Å². The third-order valence-electron chi connectivity index (χ3n) is 2.38. The average Bonchev–Trinajstić information content (AvgIpc) is 2.27. The summed E-state index contributed by atoms with van der Waals surface area (Å²) in [5.74, 6) is 5.05. The molecule has 2 amide bonds. The summed E-state index contributed by atoms with van der Waals surface area (Å²) in [4.78, 5) is 12.8. The van der Waals surface area contributed by atoms with Gasteiger partial charge in [-0.1, -0.05) is 23.7 Å². The Hall–Kier alpha value is -1.26. The third kappa shape index (κ3) is 2.84. The molecule has 15 heavy (non-hydrogen) atoms. The van der Waals surface area contributed by atoms with Crippen molar-refractivity contribution in [2.24, 2.45) is 5.84 Å². The molecule has 1 aromatic rings. The van der Waals surface area contributed by atoms with Crippen LogP contribution in [0.5, 0.6) is 0 Å². The molecular weight excluding hydrogens is 214 g/mol. The molecule has 0 aliphatic carbocycles. The number of nitrogens with zero attached hydrogens (tertiary/aromatic N) is 1. The molecule has 1 aromatic carbocycles. The molecule has 3 N–H and O–H groups in total. The van der Waals surface area contributed by atoms with E-state index in [1.165, 1.54) is 4.90 Å². The number of hydrogen-bond donors (Lipinski definition) is 2. The summed E-state index contributed by atoms with van der Waals surface area (Å²) < 4.78 is 0. The normalized spacial score (nSPS) is 12.0. The summed E-state index contributed by atoms with van der Waals surface area (Å²) in [6.45, 7) is 1.92. The van der Waals surface area contributed by atoms with Gasteiger partial charge in [0.05, 0.1) is 6.04 Å². The highest BCUT2D eigenvalue weighted by molar-refractivity contribution is 6.30. The molecule has 0 spiro atoms. The van der Waals surface area contributed by atoms with Crippen LogP contribution in [0.3, 0.4) is 0 Å². The van der Waals surface area contributed by atoms with Crippen molar-refractivity contribution in [3.8, 4) is 0 Å². The van der Waals surface area contributed by atoms with E-state index in [-0.39, 0.29) is 12.1 Å². The van der Waals surface area contributed by atoms with Crippen molar-refractivity contribution >= 4 is 17.6 Å². The Kier molecular flexibility index (Phi) is 3.94. The molecule has 0 fully saturated rings. The quantitative estimate of drug-likeness (QED) is 0.461. The molecule has 1 atom stereocenters. The number of amides is 2. The van der Waals surface area contributed by atoms with Crippen molar-refractivity contribution in [3.05, 3.63) is 34.9 Å². The van der Waals surface area contributed by atoms with Gasteiger partial charge in [0.2, 0.25) is 0 Å². The fourth-order valence-electron chi connectivity index (χ4n) is 1.24. The van der Waals surface area contributed by atoms with Gasteiger partial charge in [-0.2, -0.15) is 0 Å².